The lowest BCUT2D eigenvalue weighted by atomic mass is 9.96. The second kappa shape index (κ2) is 9.53. The molecule has 0 saturated carbocycles. The van der Waals surface area contributed by atoms with Crippen molar-refractivity contribution < 1.29 is 36.6 Å². The van der Waals surface area contributed by atoms with Crippen molar-refractivity contribution in [2.24, 2.45) is 0 Å². The molecule has 8 nitrogen and oxygen atoms in total. The van der Waals surface area contributed by atoms with E-state index < -0.39 is 47.0 Å². The summed E-state index contributed by atoms with van der Waals surface area (Å²) in [5.41, 5.74) is 1.11. The fraction of sp³-hybridized carbons (Fsp3) is 0.348. The predicted octanol–water partition coefficient (Wildman–Crippen LogP) is 3.74. The van der Waals surface area contributed by atoms with E-state index in [1.54, 1.807) is 0 Å². The van der Waals surface area contributed by atoms with Crippen molar-refractivity contribution in [3.05, 3.63) is 53.6 Å². The van der Waals surface area contributed by atoms with Gasteiger partial charge in [0.1, 0.15) is 5.82 Å². The number of esters is 1. The molecule has 2 atom stereocenters. The molecule has 3 aromatic rings. The Labute approximate surface area is 197 Å². The number of imidazole rings is 1. The molecule has 0 unspecified atom stereocenters. The summed E-state index contributed by atoms with van der Waals surface area (Å²) < 4.78 is 61.9. The average Bonchev–Trinajstić information content (AvgIpc) is 3.24. The first kappa shape index (κ1) is 24.5. The number of aromatic nitrogens is 2. The molecule has 12 heteroatoms. The Kier molecular flexibility index (Phi) is 6.66. The number of H-pyrrole nitrogens is 1. The molecule has 0 bridgehead atoms. The highest BCUT2D eigenvalue weighted by Crippen LogP contribution is 2.34. The summed E-state index contributed by atoms with van der Waals surface area (Å²) >= 11 is 0. The number of amides is 1. The summed E-state index contributed by atoms with van der Waals surface area (Å²) in [6, 6.07) is 9.08. The van der Waals surface area contributed by atoms with Crippen LogP contribution in [0.2, 0.25) is 0 Å². The Balaban J connectivity index is 1.56. The average molecular weight is 494 g/mol. The molecular formula is C23H22F4N4O4. The van der Waals surface area contributed by atoms with E-state index in [0.29, 0.717) is 25.2 Å². The first-order valence-corrected chi connectivity index (χ1v) is 10.7. The Morgan fingerprint density at radius 1 is 1.20 bits per heavy atom. The first-order chi connectivity index (χ1) is 16.6. The minimum atomic E-state index is -5.38. The molecule has 0 spiro atoms. The number of para-hydroxylation sites is 2. The maximum atomic E-state index is 14.7. The van der Waals surface area contributed by atoms with Gasteiger partial charge in [0.15, 0.2) is 11.5 Å². The van der Waals surface area contributed by atoms with Gasteiger partial charge in [-0.1, -0.05) is 12.1 Å². The van der Waals surface area contributed by atoms with Crippen LogP contribution in [0.15, 0.2) is 36.4 Å². The Morgan fingerprint density at radius 2 is 1.94 bits per heavy atom. The number of benzene rings is 2. The van der Waals surface area contributed by atoms with E-state index in [1.165, 1.54) is 0 Å². The van der Waals surface area contributed by atoms with E-state index in [9.17, 15) is 27.2 Å². The van der Waals surface area contributed by atoms with Crippen molar-refractivity contribution in [2.45, 2.75) is 31.1 Å². The molecule has 0 aliphatic carbocycles. The highest BCUT2D eigenvalue weighted by molar-refractivity contribution is 5.98. The van der Waals surface area contributed by atoms with E-state index in [2.05, 4.69) is 24.9 Å². The van der Waals surface area contributed by atoms with Gasteiger partial charge in [0, 0.05) is 12.6 Å². The van der Waals surface area contributed by atoms with Gasteiger partial charge in [-0.2, -0.15) is 17.6 Å². The van der Waals surface area contributed by atoms with E-state index in [0.717, 1.165) is 30.3 Å². The molecule has 2 aromatic carbocycles. The normalized spacial score (nSPS) is 18.9. The number of carbonyl (C=O) groups excluding carboxylic acids is 2. The van der Waals surface area contributed by atoms with Crippen LogP contribution in [0.25, 0.3) is 11.0 Å². The van der Waals surface area contributed by atoms with Gasteiger partial charge in [-0.3, -0.25) is 9.69 Å². The standard InChI is InChI=1S/C23H22F4N4O4/c1-31-10-9-12(11-16(31)20-29-14-5-3-4-6-15(14)30-20)28-21(32)13-7-8-17(34-2)18(24)19(13)35-22(33)23(25,26)27/h3-8,12,16H,9-11H2,1-2H3,(H,28,32)(H,29,30)/t12-,16-/m1/s1. The minimum Gasteiger partial charge on any atom is -0.494 e. The van der Waals surface area contributed by atoms with E-state index in [-0.39, 0.29) is 6.04 Å². The highest BCUT2D eigenvalue weighted by Gasteiger charge is 2.43. The van der Waals surface area contributed by atoms with Crippen LogP contribution in [0.1, 0.15) is 35.1 Å². The molecule has 2 N–H and O–H groups in total. The maximum absolute atomic E-state index is 14.7. The fourth-order valence-electron chi connectivity index (χ4n) is 4.05. The summed E-state index contributed by atoms with van der Waals surface area (Å²) in [7, 11) is 3.01. The Bertz CT molecular complexity index is 1230. The summed E-state index contributed by atoms with van der Waals surface area (Å²) in [5, 5.41) is 2.72. The van der Waals surface area contributed by atoms with Crippen molar-refractivity contribution in [1.82, 2.24) is 20.2 Å². The first-order valence-electron chi connectivity index (χ1n) is 10.7. The topological polar surface area (TPSA) is 96.6 Å². The number of ether oxygens (including phenoxy) is 2. The number of nitrogens with one attached hydrogen (secondary N) is 2. The van der Waals surface area contributed by atoms with Crippen LogP contribution in [0, 0.1) is 5.82 Å². The van der Waals surface area contributed by atoms with Crippen molar-refractivity contribution in [3.8, 4) is 11.5 Å². The quantitative estimate of drug-likeness (QED) is 0.319. The number of alkyl halides is 3. The van der Waals surface area contributed by atoms with Crippen LogP contribution in [0.4, 0.5) is 17.6 Å². The number of carbonyl (C=O) groups is 2. The van der Waals surface area contributed by atoms with Crippen molar-refractivity contribution in [3.63, 3.8) is 0 Å². The van der Waals surface area contributed by atoms with Crippen molar-refractivity contribution >= 4 is 22.9 Å². The lowest BCUT2D eigenvalue weighted by Crippen LogP contribution is -2.45. The number of halogens is 4. The van der Waals surface area contributed by atoms with Crippen molar-refractivity contribution in [2.75, 3.05) is 20.7 Å². The van der Waals surface area contributed by atoms with Gasteiger partial charge in [0.25, 0.3) is 5.91 Å². The second-order valence-electron chi connectivity index (χ2n) is 8.18. The van der Waals surface area contributed by atoms with Gasteiger partial charge < -0.3 is 19.8 Å². The molecule has 35 heavy (non-hydrogen) atoms. The molecule has 1 aliphatic rings. The second-order valence-corrected chi connectivity index (χ2v) is 8.18. The van der Waals surface area contributed by atoms with Gasteiger partial charge in [-0.15, -0.1) is 0 Å². The van der Waals surface area contributed by atoms with Crippen molar-refractivity contribution in [1.29, 1.82) is 0 Å². The molecular weight excluding hydrogens is 472 g/mol. The van der Waals surface area contributed by atoms with E-state index >= 15 is 0 Å². The third-order valence-corrected chi connectivity index (χ3v) is 5.88. The van der Waals surface area contributed by atoms with Crippen LogP contribution in [0.3, 0.4) is 0 Å². The number of piperidine rings is 1. The zero-order chi connectivity index (χ0) is 25.3. The molecule has 186 valence electrons. The number of aromatic amines is 1. The molecule has 0 radical (unpaired) electrons. The SMILES string of the molecule is COc1ccc(C(=O)N[C@@H]2CCN(C)[C@@H](c3nc4ccccc4[nH]3)C2)c(OC(=O)C(F)(F)F)c1F. The predicted molar refractivity (Wildman–Crippen MR) is 117 cm³/mol. The zero-order valence-corrected chi connectivity index (χ0v) is 18.8. The lowest BCUT2D eigenvalue weighted by molar-refractivity contribution is -0.189. The lowest BCUT2D eigenvalue weighted by Gasteiger charge is -2.36. The summed E-state index contributed by atoms with van der Waals surface area (Å²) in [5.74, 6) is -5.83. The highest BCUT2D eigenvalue weighted by atomic mass is 19.4. The monoisotopic (exact) mass is 494 g/mol. The van der Waals surface area contributed by atoms with Crippen LogP contribution < -0.4 is 14.8 Å². The third-order valence-electron chi connectivity index (χ3n) is 5.88. The number of likely N-dealkylation sites (tertiary alicyclic amines) is 1. The van der Waals surface area contributed by atoms with Gasteiger partial charge >= 0.3 is 12.1 Å². The molecule has 1 aromatic heterocycles. The van der Waals surface area contributed by atoms with Gasteiger partial charge in [0.2, 0.25) is 5.82 Å². The van der Waals surface area contributed by atoms with E-state index in [1.807, 2.05) is 31.3 Å². The summed E-state index contributed by atoms with van der Waals surface area (Å²) in [6.07, 6.45) is -4.40. The number of fused-ring (bicyclic) bond motifs is 1. The molecule has 1 aliphatic heterocycles. The molecule has 1 saturated heterocycles. The summed E-state index contributed by atoms with van der Waals surface area (Å²) in [6.45, 7) is 0.597. The zero-order valence-electron chi connectivity index (χ0n) is 18.8. The molecule has 4 rings (SSSR count). The Morgan fingerprint density at radius 3 is 2.63 bits per heavy atom. The number of hydrogen-bond acceptors (Lipinski definition) is 6. The molecule has 1 amide bonds. The number of nitrogens with zero attached hydrogens (tertiary/aromatic N) is 2. The van der Waals surface area contributed by atoms with Crippen LogP contribution >= 0.6 is 0 Å². The fourth-order valence-corrected chi connectivity index (χ4v) is 4.05. The minimum absolute atomic E-state index is 0.170. The van der Waals surface area contributed by atoms with Crippen LogP contribution in [-0.2, 0) is 4.79 Å². The van der Waals surface area contributed by atoms with E-state index in [4.69, 9.17) is 4.74 Å². The number of hydrogen-bond donors (Lipinski definition) is 2. The van der Waals surface area contributed by atoms with Gasteiger partial charge in [-0.05, 0) is 44.2 Å². The van der Waals surface area contributed by atoms with Gasteiger partial charge in [-0.25, -0.2) is 9.78 Å². The smallest absolute Gasteiger partial charge is 0.491 e. The molecule has 2 heterocycles. The largest absolute Gasteiger partial charge is 0.494 e. The summed E-state index contributed by atoms with van der Waals surface area (Å²) in [4.78, 5) is 34.3. The number of methoxy groups -OCH3 is 1. The third kappa shape index (κ3) is 5.06. The number of rotatable bonds is 5. The maximum Gasteiger partial charge on any atom is 0.491 e. The Hall–Kier alpha value is -3.67. The van der Waals surface area contributed by atoms with Crippen LogP contribution in [-0.4, -0.2) is 59.7 Å². The van der Waals surface area contributed by atoms with Gasteiger partial charge in [0.05, 0.1) is 29.7 Å². The molecule has 1 fully saturated rings. The van der Waals surface area contributed by atoms with Crippen LogP contribution in [0.5, 0.6) is 11.5 Å².